The smallest absolute Gasteiger partial charge is 0.195 e. The molecule has 0 bridgehead atoms. The Balaban J connectivity index is 1.53. The van der Waals surface area contributed by atoms with E-state index in [9.17, 15) is 4.79 Å². The number of hydrogen-bond donors (Lipinski definition) is 1. The van der Waals surface area contributed by atoms with Crippen molar-refractivity contribution >= 4 is 34.7 Å². The molecule has 3 aromatic rings. The van der Waals surface area contributed by atoms with Gasteiger partial charge in [-0.05, 0) is 96.2 Å². The zero-order valence-corrected chi connectivity index (χ0v) is 22.7. The number of benzene rings is 3. The quantitative estimate of drug-likeness (QED) is 0.187. The van der Waals surface area contributed by atoms with Gasteiger partial charge in [-0.3, -0.25) is 9.80 Å². The highest BCUT2D eigenvalue weighted by molar-refractivity contribution is 6.33. The van der Waals surface area contributed by atoms with Gasteiger partial charge in [0.15, 0.2) is 6.30 Å². The normalized spacial score (nSPS) is 21.7. The van der Waals surface area contributed by atoms with Gasteiger partial charge in [0.25, 0.3) is 0 Å². The summed E-state index contributed by atoms with van der Waals surface area (Å²) >= 11 is 6.87. The van der Waals surface area contributed by atoms with E-state index in [0.29, 0.717) is 34.4 Å². The third kappa shape index (κ3) is 4.97. The minimum absolute atomic E-state index is 0.182. The first-order chi connectivity index (χ1) is 19.1. The Bertz CT molecular complexity index is 1400. The molecule has 6 rings (SSSR count). The zero-order valence-electron chi connectivity index (χ0n) is 22.0. The second-order valence-corrected chi connectivity index (χ2v) is 10.9. The van der Waals surface area contributed by atoms with Crippen LogP contribution in [0.5, 0.6) is 5.75 Å². The van der Waals surface area contributed by atoms with Crippen molar-refractivity contribution in [2.75, 3.05) is 18.7 Å². The summed E-state index contributed by atoms with van der Waals surface area (Å²) in [5, 5.41) is 2.46. The summed E-state index contributed by atoms with van der Waals surface area (Å²) in [6.07, 6.45) is 5.54. The van der Waals surface area contributed by atoms with Gasteiger partial charge in [0.1, 0.15) is 18.3 Å². The molecular weight excluding hydrogens is 515 g/mol. The molecule has 2 heterocycles. The first-order valence-corrected chi connectivity index (χ1v) is 14.0. The molecule has 1 saturated carbocycles. The molecule has 7 heteroatoms. The van der Waals surface area contributed by atoms with Gasteiger partial charge in [0.2, 0.25) is 0 Å². The van der Waals surface area contributed by atoms with E-state index in [0.717, 1.165) is 78.3 Å². The predicted molar refractivity (Wildman–Crippen MR) is 153 cm³/mol. The van der Waals surface area contributed by atoms with E-state index in [1.807, 2.05) is 59.6 Å². The first-order valence-electron chi connectivity index (χ1n) is 13.7. The first kappa shape index (κ1) is 26.1. The Labute approximate surface area is 233 Å². The number of fused-ring (bicyclic) bond motifs is 1. The van der Waals surface area contributed by atoms with Gasteiger partial charge in [-0.15, -0.1) is 0 Å². The topological polar surface area (TPSA) is 50.8 Å². The van der Waals surface area contributed by atoms with Crippen molar-refractivity contribution in [2.24, 2.45) is 5.92 Å². The molecule has 39 heavy (non-hydrogen) atoms. The second-order valence-electron chi connectivity index (χ2n) is 10.5. The Hall–Kier alpha value is -3.19. The zero-order chi connectivity index (χ0) is 26.9. The van der Waals surface area contributed by atoms with Gasteiger partial charge in [0.05, 0.1) is 17.8 Å². The molecule has 1 N–H and O–H groups in total. The number of allylic oxidation sites excluding steroid dienone is 1. The highest BCUT2D eigenvalue weighted by Crippen LogP contribution is 2.48. The van der Waals surface area contributed by atoms with Crippen LogP contribution in [0.15, 0.2) is 60.7 Å². The molecule has 2 aliphatic heterocycles. The Morgan fingerprint density at radius 2 is 1.82 bits per heavy atom. The Kier molecular flexibility index (Phi) is 7.43. The van der Waals surface area contributed by atoms with Gasteiger partial charge in [-0.2, -0.15) is 5.43 Å². The second kappa shape index (κ2) is 11.1. The van der Waals surface area contributed by atoms with Crippen LogP contribution in [0, 0.1) is 5.92 Å². The molecule has 0 aromatic heterocycles. The molecule has 3 aromatic carbocycles. The summed E-state index contributed by atoms with van der Waals surface area (Å²) in [6.45, 7) is 0.685. The van der Waals surface area contributed by atoms with Gasteiger partial charge in [-0.25, -0.2) is 4.39 Å². The average Bonchev–Trinajstić information content (AvgIpc) is 3.28. The molecule has 3 aliphatic rings. The van der Waals surface area contributed by atoms with Crippen LogP contribution in [0.1, 0.15) is 77.4 Å². The molecule has 2 fully saturated rings. The van der Waals surface area contributed by atoms with Crippen molar-refractivity contribution in [3.63, 3.8) is 0 Å². The number of halogens is 2. The number of ether oxygens (including phenoxy) is 2. The number of hydrazine groups is 1. The van der Waals surface area contributed by atoms with Crippen LogP contribution in [0.25, 0.3) is 11.1 Å². The standard InChI is InChI=1S/C32H32ClFN2O3/c1-38-24-13-14-25(27(33)18-24)31(21-5-4-6-21)30(22-10-8-20(19-37)9-11-22)23-12-15-28-26(17-23)32(34)35-36(28)29-7-2-3-16-39-29/h8-15,17-19,21,29,32,35H,2-7,16H2,1H3/b31-30+. The number of anilines is 1. The van der Waals surface area contributed by atoms with Crippen molar-refractivity contribution in [3.05, 3.63) is 93.5 Å². The average molecular weight is 547 g/mol. The van der Waals surface area contributed by atoms with Gasteiger partial charge in [-0.1, -0.05) is 48.4 Å². The number of methoxy groups -OCH3 is 1. The predicted octanol–water partition coefficient (Wildman–Crippen LogP) is 7.74. The highest BCUT2D eigenvalue weighted by atomic mass is 35.5. The lowest BCUT2D eigenvalue weighted by molar-refractivity contribution is 0.00520. The number of carbonyl (C=O) groups is 1. The molecule has 2 unspecified atom stereocenters. The molecule has 0 amide bonds. The fraction of sp³-hybridized carbons (Fsp3) is 0.344. The lowest BCUT2D eigenvalue weighted by Gasteiger charge is -2.33. The van der Waals surface area contributed by atoms with E-state index in [-0.39, 0.29) is 6.23 Å². The number of aldehydes is 1. The van der Waals surface area contributed by atoms with E-state index in [1.165, 1.54) is 0 Å². The minimum Gasteiger partial charge on any atom is -0.497 e. The summed E-state index contributed by atoms with van der Waals surface area (Å²) in [6, 6.07) is 19.4. The van der Waals surface area contributed by atoms with E-state index >= 15 is 4.39 Å². The van der Waals surface area contributed by atoms with E-state index in [1.54, 1.807) is 7.11 Å². The van der Waals surface area contributed by atoms with Crippen LogP contribution in [0.4, 0.5) is 10.1 Å². The monoisotopic (exact) mass is 546 g/mol. The van der Waals surface area contributed by atoms with Crippen molar-refractivity contribution in [3.8, 4) is 5.75 Å². The van der Waals surface area contributed by atoms with Crippen molar-refractivity contribution in [1.82, 2.24) is 5.43 Å². The number of alkyl halides is 1. The van der Waals surface area contributed by atoms with Crippen LogP contribution < -0.4 is 15.2 Å². The fourth-order valence-corrected chi connectivity index (χ4v) is 6.13. The minimum atomic E-state index is -1.33. The number of nitrogens with one attached hydrogen (secondary N) is 1. The number of nitrogens with zero attached hydrogens (tertiary/aromatic N) is 1. The van der Waals surface area contributed by atoms with E-state index in [4.69, 9.17) is 21.1 Å². The third-order valence-electron chi connectivity index (χ3n) is 8.13. The summed E-state index contributed by atoms with van der Waals surface area (Å²) in [7, 11) is 1.63. The van der Waals surface area contributed by atoms with E-state index in [2.05, 4.69) is 11.5 Å². The van der Waals surface area contributed by atoms with Crippen LogP contribution in [-0.4, -0.2) is 26.2 Å². The largest absolute Gasteiger partial charge is 0.497 e. The van der Waals surface area contributed by atoms with Crippen LogP contribution in [0.2, 0.25) is 5.02 Å². The molecule has 202 valence electrons. The molecular formula is C32H32ClFN2O3. The Morgan fingerprint density at radius 3 is 2.46 bits per heavy atom. The van der Waals surface area contributed by atoms with Gasteiger partial charge >= 0.3 is 0 Å². The maximum absolute atomic E-state index is 15.5. The van der Waals surface area contributed by atoms with Crippen molar-refractivity contribution in [2.45, 2.75) is 51.0 Å². The SMILES string of the molecule is COc1ccc(/C(=C(\c2ccc(C=O)cc2)c2ccc3c(c2)C(F)NN3C2CCCCO2)C2CCC2)c(Cl)c1. The lowest BCUT2D eigenvalue weighted by Crippen LogP contribution is -2.45. The molecule has 0 spiro atoms. The number of hydrogen-bond acceptors (Lipinski definition) is 5. The molecule has 1 aliphatic carbocycles. The van der Waals surface area contributed by atoms with Crippen LogP contribution >= 0.6 is 11.6 Å². The maximum Gasteiger partial charge on any atom is 0.195 e. The maximum atomic E-state index is 15.5. The summed E-state index contributed by atoms with van der Waals surface area (Å²) in [5.74, 6) is 1.01. The Morgan fingerprint density at radius 1 is 1.03 bits per heavy atom. The van der Waals surface area contributed by atoms with Crippen LogP contribution in [-0.2, 0) is 4.74 Å². The molecule has 2 atom stereocenters. The summed E-state index contributed by atoms with van der Waals surface area (Å²) in [5.41, 5.74) is 9.97. The summed E-state index contributed by atoms with van der Waals surface area (Å²) < 4.78 is 26.8. The number of carbonyl (C=O) groups excluding carboxylic acids is 1. The fourth-order valence-electron chi connectivity index (χ4n) is 5.86. The lowest BCUT2D eigenvalue weighted by atomic mass is 9.73. The van der Waals surface area contributed by atoms with Crippen LogP contribution in [0.3, 0.4) is 0 Å². The van der Waals surface area contributed by atoms with Crippen molar-refractivity contribution in [1.29, 1.82) is 0 Å². The number of rotatable bonds is 7. The van der Waals surface area contributed by atoms with Gasteiger partial charge < -0.3 is 9.47 Å². The molecule has 5 nitrogen and oxygen atoms in total. The highest BCUT2D eigenvalue weighted by Gasteiger charge is 2.35. The van der Waals surface area contributed by atoms with Crippen molar-refractivity contribution < 1.29 is 18.7 Å². The summed E-state index contributed by atoms with van der Waals surface area (Å²) in [4.78, 5) is 11.4. The molecule has 0 radical (unpaired) electrons. The third-order valence-corrected chi connectivity index (χ3v) is 8.44. The van der Waals surface area contributed by atoms with E-state index < -0.39 is 6.30 Å². The molecule has 1 saturated heterocycles. The van der Waals surface area contributed by atoms with Gasteiger partial charge in [0, 0.05) is 17.7 Å².